The molecule has 1 nitrogen and oxygen atoms in total. The van der Waals surface area contributed by atoms with Crippen LogP contribution in [0.4, 0.5) is 11.4 Å². The van der Waals surface area contributed by atoms with E-state index in [1.54, 1.807) is 0 Å². The van der Waals surface area contributed by atoms with Gasteiger partial charge < -0.3 is 4.90 Å². The lowest BCUT2D eigenvalue weighted by molar-refractivity contribution is 0.917. The topological polar surface area (TPSA) is 3.24 Å². The van der Waals surface area contributed by atoms with Crippen molar-refractivity contribution in [3.05, 3.63) is 84.1 Å². The van der Waals surface area contributed by atoms with E-state index in [-0.39, 0.29) is 0 Å². The molecule has 0 N–H and O–H groups in total. The highest BCUT2D eigenvalue weighted by Gasteiger charge is 2.14. The molecule has 2 aromatic rings. The molecule has 100 valence electrons. The van der Waals surface area contributed by atoms with Crippen LogP contribution in [0.3, 0.4) is 0 Å². The molecule has 1 aliphatic carbocycles. The van der Waals surface area contributed by atoms with Crippen LogP contribution >= 0.6 is 0 Å². The maximum absolute atomic E-state index is 2.36. The van der Waals surface area contributed by atoms with E-state index < -0.39 is 0 Å². The first kappa shape index (κ1) is 12.7. The van der Waals surface area contributed by atoms with Gasteiger partial charge in [0.15, 0.2) is 0 Å². The van der Waals surface area contributed by atoms with Crippen LogP contribution in [0.15, 0.2) is 78.5 Å². The van der Waals surface area contributed by atoms with Crippen LogP contribution in [0.2, 0.25) is 0 Å². The van der Waals surface area contributed by atoms with Gasteiger partial charge in [0.2, 0.25) is 0 Å². The van der Waals surface area contributed by atoms with Crippen LogP contribution in [0.5, 0.6) is 0 Å². The first-order valence-electron chi connectivity index (χ1n) is 7.12. The molecule has 1 heteroatoms. The molecule has 1 aliphatic rings. The maximum Gasteiger partial charge on any atom is 0.0461 e. The Kier molecular flexibility index (Phi) is 3.69. The SMILES string of the molecule is Cc1cccc(N(C2=CC=CCC2)c2ccccc2)c1. The largest absolute Gasteiger partial charge is 0.314 e. The molecule has 0 aromatic heterocycles. The van der Waals surface area contributed by atoms with E-state index >= 15 is 0 Å². The minimum atomic E-state index is 1.08. The molecule has 0 spiro atoms. The molecule has 3 rings (SSSR count). The van der Waals surface area contributed by atoms with Crippen LogP contribution < -0.4 is 4.90 Å². The molecule has 0 atom stereocenters. The zero-order valence-electron chi connectivity index (χ0n) is 11.8. The van der Waals surface area contributed by atoms with Gasteiger partial charge in [0.1, 0.15) is 0 Å². The predicted octanol–water partition coefficient (Wildman–Crippen LogP) is 5.37. The molecular weight excluding hydrogens is 242 g/mol. The highest BCUT2D eigenvalue weighted by molar-refractivity contribution is 5.69. The maximum atomic E-state index is 2.36. The second-order valence-electron chi connectivity index (χ2n) is 5.13. The smallest absolute Gasteiger partial charge is 0.0461 e. The summed E-state index contributed by atoms with van der Waals surface area (Å²) in [4.78, 5) is 2.36. The highest BCUT2D eigenvalue weighted by Crippen LogP contribution is 2.33. The summed E-state index contributed by atoms with van der Waals surface area (Å²) in [6.07, 6.45) is 8.80. The van der Waals surface area contributed by atoms with Gasteiger partial charge in [-0.1, -0.05) is 42.5 Å². The van der Waals surface area contributed by atoms with E-state index in [1.807, 2.05) is 0 Å². The quantitative estimate of drug-likeness (QED) is 0.718. The van der Waals surface area contributed by atoms with E-state index in [4.69, 9.17) is 0 Å². The Morgan fingerprint density at radius 1 is 0.900 bits per heavy atom. The Hall–Kier alpha value is -2.28. The standard InChI is InChI=1S/C19H19N/c1-16-9-8-14-19(15-16)20(17-10-4-2-5-11-17)18-12-6-3-7-13-18/h2-6,8-12,14-15H,7,13H2,1H3. The fourth-order valence-electron chi connectivity index (χ4n) is 2.60. The van der Waals surface area contributed by atoms with Gasteiger partial charge in [0.05, 0.1) is 0 Å². The molecule has 0 aliphatic heterocycles. The molecule has 20 heavy (non-hydrogen) atoms. The summed E-state index contributed by atoms with van der Waals surface area (Å²) in [6, 6.07) is 19.3. The third-order valence-corrected chi connectivity index (χ3v) is 3.55. The molecule has 0 bridgehead atoms. The Bertz CT molecular complexity index is 638. The lowest BCUT2D eigenvalue weighted by Gasteiger charge is -2.29. The van der Waals surface area contributed by atoms with E-state index in [0.29, 0.717) is 0 Å². The van der Waals surface area contributed by atoms with E-state index in [2.05, 4.69) is 84.6 Å². The summed E-state index contributed by atoms with van der Waals surface area (Å²) in [5, 5.41) is 0. The normalized spacial score (nSPS) is 13.9. The van der Waals surface area contributed by atoms with Gasteiger partial charge in [-0.3, -0.25) is 0 Å². The van der Waals surface area contributed by atoms with Crippen molar-refractivity contribution < 1.29 is 0 Å². The van der Waals surface area contributed by atoms with E-state index in [0.717, 1.165) is 12.8 Å². The molecule has 0 radical (unpaired) electrons. The zero-order valence-corrected chi connectivity index (χ0v) is 11.8. The minimum Gasteiger partial charge on any atom is -0.314 e. The summed E-state index contributed by atoms with van der Waals surface area (Å²) < 4.78 is 0. The van der Waals surface area contributed by atoms with Gasteiger partial charge in [-0.25, -0.2) is 0 Å². The molecule has 0 heterocycles. The van der Waals surface area contributed by atoms with Gasteiger partial charge >= 0.3 is 0 Å². The van der Waals surface area contributed by atoms with Crippen molar-refractivity contribution in [2.45, 2.75) is 19.8 Å². The van der Waals surface area contributed by atoms with Crippen molar-refractivity contribution in [3.8, 4) is 0 Å². The molecule has 2 aromatic carbocycles. The van der Waals surface area contributed by atoms with Crippen molar-refractivity contribution in [2.75, 3.05) is 4.90 Å². The van der Waals surface area contributed by atoms with E-state index in [1.165, 1.54) is 22.6 Å². The summed E-state index contributed by atoms with van der Waals surface area (Å²) in [6.45, 7) is 2.14. The van der Waals surface area contributed by atoms with Crippen LogP contribution in [0.1, 0.15) is 18.4 Å². The molecule has 0 saturated heterocycles. The third kappa shape index (κ3) is 2.67. The molecule has 0 unspecified atom stereocenters. The lowest BCUT2D eigenvalue weighted by atomic mass is 10.1. The van der Waals surface area contributed by atoms with Crippen molar-refractivity contribution in [1.29, 1.82) is 0 Å². The average Bonchev–Trinajstić information content (AvgIpc) is 2.50. The zero-order chi connectivity index (χ0) is 13.8. The van der Waals surface area contributed by atoms with Crippen molar-refractivity contribution in [2.24, 2.45) is 0 Å². The van der Waals surface area contributed by atoms with Crippen LogP contribution in [-0.2, 0) is 0 Å². The predicted molar refractivity (Wildman–Crippen MR) is 86.2 cm³/mol. The molecule has 0 amide bonds. The molecular formula is C19H19N. The Balaban J connectivity index is 2.08. The molecule has 0 fully saturated rings. The number of anilines is 2. The summed E-state index contributed by atoms with van der Waals surface area (Å²) in [5.74, 6) is 0. The van der Waals surface area contributed by atoms with Gasteiger partial charge in [-0.05, 0) is 55.7 Å². The van der Waals surface area contributed by atoms with Crippen LogP contribution in [0.25, 0.3) is 0 Å². The first-order chi connectivity index (χ1) is 9.84. The van der Waals surface area contributed by atoms with Gasteiger partial charge in [-0.15, -0.1) is 0 Å². The van der Waals surface area contributed by atoms with Crippen molar-refractivity contribution >= 4 is 11.4 Å². The fourth-order valence-corrected chi connectivity index (χ4v) is 2.60. The summed E-state index contributed by atoms with van der Waals surface area (Å²) in [5.41, 5.74) is 5.09. The van der Waals surface area contributed by atoms with Crippen LogP contribution in [-0.4, -0.2) is 0 Å². The number of para-hydroxylation sites is 1. The number of allylic oxidation sites excluding steroid dienone is 4. The van der Waals surface area contributed by atoms with Gasteiger partial charge in [-0.2, -0.15) is 0 Å². The van der Waals surface area contributed by atoms with Gasteiger partial charge in [0.25, 0.3) is 0 Å². The Labute approximate surface area is 120 Å². The molecule has 0 saturated carbocycles. The third-order valence-electron chi connectivity index (χ3n) is 3.55. The summed E-state index contributed by atoms with van der Waals surface area (Å²) >= 11 is 0. The van der Waals surface area contributed by atoms with Crippen LogP contribution in [0, 0.1) is 6.92 Å². The average molecular weight is 261 g/mol. The summed E-state index contributed by atoms with van der Waals surface area (Å²) in [7, 11) is 0. The number of benzene rings is 2. The van der Waals surface area contributed by atoms with Gasteiger partial charge in [0, 0.05) is 17.1 Å². The van der Waals surface area contributed by atoms with Crippen molar-refractivity contribution in [1.82, 2.24) is 0 Å². The number of hydrogen-bond acceptors (Lipinski definition) is 1. The Morgan fingerprint density at radius 2 is 1.70 bits per heavy atom. The highest BCUT2D eigenvalue weighted by atomic mass is 15.1. The number of hydrogen-bond donors (Lipinski definition) is 0. The number of aryl methyl sites for hydroxylation is 1. The lowest BCUT2D eigenvalue weighted by Crippen LogP contribution is -2.17. The number of nitrogens with zero attached hydrogens (tertiary/aromatic N) is 1. The first-order valence-corrected chi connectivity index (χ1v) is 7.12. The Morgan fingerprint density at radius 3 is 2.40 bits per heavy atom. The van der Waals surface area contributed by atoms with E-state index in [9.17, 15) is 0 Å². The second kappa shape index (κ2) is 5.79. The second-order valence-corrected chi connectivity index (χ2v) is 5.13. The fraction of sp³-hybridized carbons (Fsp3) is 0.158. The number of rotatable bonds is 3. The minimum absolute atomic E-state index is 1.08. The van der Waals surface area contributed by atoms with Crippen molar-refractivity contribution in [3.63, 3.8) is 0 Å². The monoisotopic (exact) mass is 261 g/mol.